The van der Waals surface area contributed by atoms with Gasteiger partial charge in [-0.25, -0.2) is 9.59 Å². The summed E-state index contributed by atoms with van der Waals surface area (Å²) in [4.78, 5) is 35.2. The zero-order chi connectivity index (χ0) is 16.5. The summed E-state index contributed by atoms with van der Waals surface area (Å²) in [5, 5.41) is 0.391. The standard InChI is InChI=1S/C15H17NO5S/c1-5-20-13(18)10-7-8-11(17)16-12(10)22-15(16,9(3)4)14(19)21-6-2/h7-8H,3,5-6H2,1-2,4H3. The fraction of sp³-hybridized carbons (Fsp3) is 0.400. The van der Waals surface area contributed by atoms with Gasteiger partial charge >= 0.3 is 11.9 Å². The zero-order valence-electron chi connectivity index (χ0n) is 12.7. The molecule has 1 unspecified atom stereocenters. The molecule has 0 spiro atoms. The van der Waals surface area contributed by atoms with Crippen LogP contribution in [0, 0.1) is 0 Å². The smallest absolute Gasteiger partial charge is 0.348 e. The van der Waals surface area contributed by atoms with Crippen LogP contribution >= 0.6 is 11.8 Å². The lowest BCUT2D eigenvalue weighted by atomic mass is 10.1. The quantitative estimate of drug-likeness (QED) is 0.609. The SMILES string of the molecule is C=C(C)C1(C(=O)OCC)Sc2c(C(=O)OCC)ccc(=O)n21. The fourth-order valence-electron chi connectivity index (χ4n) is 2.24. The third kappa shape index (κ3) is 2.25. The highest BCUT2D eigenvalue weighted by atomic mass is 32.2. The Balaban J connectivity index is 2.58. The van der Waals surface area contributed by atoms with Crippen LogP contribution in [0.15, 0.2) is 34.1 Å². The fourth-order valence-corrected chi connectivity index (χ4v) is 3.56. The normalized spacial score (nSPS) is 18.9. The number of hydrogen-bond acceptors (Lipinski definition) is 6. The number of carbonyl (C=O) groups excluding carboxylic acids is 2. The van der Waals surface area contributed by atoms with Crippen LogP contribution < -0.4 is 5.56 Å². The van der Waals surface area contributed by atoms with Crippen molar-refractivity contribution in [1.82, 2.24) is 4.57 Å². The molecular formula is C15H17NO5S. The molecule has 0 N–H and O–H groups in total. The molecule has 0 amide bonds. The van der Waals surface area contributed by atoms with Gasteiger partial charge < -0.3 is 9.47 Å². The summed E-state index contributed by atoms with van der Waals surface area (Å²) in [5.74, 6) is -1.10. The molecule has 7 heteroatoms. The number of aromatic nitrogens is 1. The number of hydrogen-bond donors (Lipinski definition) is 0. The Morgan fingerprint density at radius 3 is 2.45 bits per heavy atom. The van der Waals surface area contributed by atoms with E-state index < -0.39 is 22.4 Å². The molecule has 6 nitrogen and oxygen atoms in total. The predicted molar refractivity (Wildman–Crippen MR) is 81.9 cm³/mol. The maximum absolute atomic E-state index is 12.3. The number of thioether (sulfide) groups is 1. The number of esters is 2. The molecule has 1 atom stereocenters. The van der Waals surface area contributed by atoms with Crippen molar-refractivity contribution in [3.63, 3.8) is 0 Å². The maximum Gasteiger partial charge on any atom is 0.348 e. The van der Waals surface area contributed by atoms with Crippen molar-refractivity contribution in [1.29, 1.82) is 0 Å². The second-order valence-corrected chi connectivity index (χ2v) is 5.87. The van der Waals surface area contributed by atoms with Crippen molar-refractivity contribution in [3.8, 4) is 0 Å². The number of nitrogens with zero attached hydrogens (tertiary/aromatic N) is 1. The van der Waals surface area contributed by atoms with E-state index in [9.17, 15) is 14.4 Å². The van der Waals surface area contributed by atoms with Crippen LogP contribution in [-0.4, -0.2) is 29.7 Å². The number of rotatable bonds is 5. The van der Waals surface area contributed by atoms with E-state index in [1.807, 2.05) is 0 Å². The topological polar surface area (TPSA) is 74.6 Å². The lowest BCUT2D eigenvalue weighted by Crippen LogP contribution is -2.53. The minimum atomic E-state index is -1.31. The Morgan fingerprint density at radius 1 is 1.27 bits per heavy atom. The molecule has 1 aliphatic heterocycles. The molecule has 22 heavy (non-hydrogen) atoms. The predicted octanol–water partition coefficient (Wildman–Crippen LogP) is 1.92. The van der Waals surface area contributed by atoms with Crippen LogP contribution in [0.25, 0.3) is 0 Å². The molecule has 118 valence electrons. The molecule has 2 heterocycles. The Bertz CT molecular complexity index is 708. The van der Waals surface area contributed by atoms with Crippen LogP contribution in [0.2, 0.25) is 0 Å². The van der Waals surface area contributed by atoms with E-state index in [1.165, 1.54) is 16.7 Å². The molecule has 0 fully saturated rings. The lowest BCUT2D eigenvalue weighted by Gasteiger charge is -2.43. The van der Waals surface area contributed by atoms with Gasteiger partial charge in [0.05, 0.1) is 23.8 Å². The molecule has 0 aromatic carbocycles. The Kier molecular flexibility index (Phi) is 4.46. The van der Waals surface area contributed by atoms with Gasteiger partial charge in [-0.15, -0.1) is 0 Å². The number of ether oxygens (including phenoxy) is 2. The summed E-state index contributed by atoms with van der Waals surface area (Å²) in [6.45, 7) is 9.26. The number of carbonyl (C=O) groups is 2. The second kappa shape index (κ2) is 6.00. The summed E-state index contributed by atoms with van der Waals surface area (Å²) in [6.07, 6.45) is 0. The summed E-state index contributed by atoms with van der Waals surface area (Å²) < 4.78 is 11.3. The molecule has 1 aromatic rings. The van der Waals surface area contributed by atoms with Crippen LogP contribution in [0.5, 0.6) is 0 Å². The molecule has 0 bridgehead atoms. The van der Waals surface area contributed by atoms with Gasteiger partial charge in [-0.05, 0) is 32.4 Å². The first-order valence-electron chi connectivity index (χ1n) is 6.86. The monoisotopic (exact) mass is 323 g/mol. The highest BCUT2D eigenvalue weighted by molar-refractivity contribution is 8.02. The molecule has 0 saturated heterocycles. The highest BCUT2D eigenvalue weighted by Gasteiger charge is 2.54. The van der Waals surface area contributed by atoms with E-state index >= 15 is 0 Å². The van der Waals surface area contributed by atoms with Gasteiger partial charge in [-0.2, -0.15) is 0 Å². The van der Waals surface area contributed by atoms with Crippen LogP contribution in [0.3, 0.4) is 0 Å². The van der Waals surface area contributed by atoms with Gasteiger partial charge in [0.15, 0.2) is 0 Å². The van der Waals surface area contributed by atoms with E-state index in [0.29, 0.717) is 10.6 Å². The molecule has 1 aromatic heterocycles. The second-order valence-electron chi connectivity index (χ2n) is 4.69. The summed E-state index contributed by atoms with van der Waals surface area (Å²) >= 11 is 1.09. The summed E-state index contributed by atoms with van der Waals surface area (Å²) in [5.41, 5.74) is 0.331. The highest BCUT2D eigenvalue weighted by Crippen LogP contribution is 2.53. The van der Waals surface area contributed by atoms with Gasteiger partial charge in [-0.1, -0.05) is 18.3 Å². The molecule has 0 saturated carbocycles. The van der Waals surface area contributed by atoms with Crippen molar-refractivity contribution in [3.05, 3.63) is 40.2 Å². The third-order valence-electron chi connectivity index (χ3n) is 3.23. The molecule has 2 rings (SSSR count). The average Bonchev–Trinajstić information content (AvgIpc) is 2.40. The first-order chi connectivity index (χ1) is 10.4. The van der Waals surface area contributed by atoms with E-state index in [1.54, 1.807) is 20.8 Å². The van der Waals surface area contributed by atoms with Gasteiger partial charge in [0, 0.05) is 6.07 Å². The van der Waals surface area contributed by atoms with Crippen molar-refractivity contribution in [2.24, 2.45) is 0 Å². The van der Waals surface area contributed by atoms with E-state index in [-0.39, 0.29) is 18.8 Å². The molecule has 0 aliphatic carbocycles. The van der Waals surface area contributed by atoms with Gasteiger partial charge in [0.2, 0.25) is 4.87 Å². The van der Waals surface area contributed by atoms with Crippen LogP contribution in [0.4, 0.5) is 0 Å². The minimum absolute atomic E-state index is 0.191. The van der Waals surface area contributed by atoms with Crippen LogP contribution in [-0.2, 0) is 19.1 Å². The minimum Gasteiger partial charge on any atom is -0.463 e. The maximum atomic E-state index is 12.3. The van der Waals surface area contributed by atoms with E-state index in [0.717, 1.165) is 11.8 Å². The van der Waals surface area contributed by atoms with Crippen molar-refractivity contribution >= 4 is 23.7 Å². The summed E-state index contributed by atoms with van der Waals surface area (Å²) in [6, 6.07) is 2.65. The van der Waals surface area contributed by atoms with Gasteiger partial charge in [0.1, 0.15) is 0 Å². The Labute approximate surface area is 132 Å². The van der Waals surface area contributed by atoms with E-state index in [4.69, 9.17) is 9.47 Å². The van der Waals surface area contributed by atoms with Crippen molar-refractivity contribution in [2.75, 3.05) is 13.2 Å². The number of fused-ring (bicyclic) bond motifs is 1. The Hall–Kier alpha value is -2.02. The van der Waals surface area contributed by atoms with Gasteiger partial charge in [0.25, 0.3) is 5.56 Å². The first-order valence-corrected chi connectivity index (χ1v) is 7.67. The van der Waals surface area contributed by atoms with Crippen molar-refractivity contribution < 1.29 is 19.1 Å². The van der Waals surface area contributed by atoms with Crippen molar-refractivity contribution in [2.45, 2.75) is 30.7 Å². The summed E-state index contributed by atoms with van der Waals surface area (Å²) in [7, 11) is 0. The number of pyridine rings is 1. The Morgan fingerprint density at radius 2 is 1.91 bits per heavy atom. The van der Waals surface area contributed by atoms with Crippen LogP contribution in [0.1, 0.15) is 31.1 Å². The average molecular weight is 323 g/mol. The third-order valence-corrected chi connectivity index (χ3v) is 4.82. The zero-order valence-corrected chi connectivity index (χ0v) is 13.5. The van der Waals surface area contributed by atoms with E-state index in [2.05, 4.69) is 6.58 Å². The van der Waals surface area contributed by atoms with Gasteiger partial charge in [-0.3, -0.25) is 9.36 Å². The molecular weight excluding hydrogens is 306 g/mol. The largest absolute Gasteiger partial charge is 0.463 e. The lowest BCUT2D eigenvalue weighted by molar-refractivity contribution is -0.148. The molecule has 0 radical (unpaired) electrons. The molecule has 1 aliphatic rings. The first kappa shape index (κ1) is 16.4.